The van der Waals surface area contributed by atoms with E-state index in [-0.39, 0.29) is 8.80 Å². The SMILES string of the molecule is CC(C)C[Si]1CCC(CCBr)CC1. The lowest BCUT2D eigenvalue weighted by Gasteiger charge is -2.27. The first-order chi connectivity index (χ1) is 6.22. The Morgan fingerprint density at radius 3 is 2.38 bits per heavy atom. The first-order valence-corrected chi connectivity index (χ1v) is 8.86. The molecule has 1 aliphatic rings. The van der Waals surface area contributed by atoms with E-state index in [9.17, 15) is 0 Å². The Bertz CT molecular complexity index is 128. The summed E-state index contributed by atoms with van der Waals surface area (Å²) in [6, 6.07) is 4.76. The maximum absolute atomic E-state index is 3.55. The molecule has 1 radical (unpaired) electrons. The third-order valence-electron chi connectivity index (χ3n) is 3.03. The molecule has 1 heterocycles. The van der Waals surface area contributed by atoms with Crippen LogP contribution in [-0.4, -0.2) is 14.1 Å². The van der Waals surface area contributed by atoms with Crippen LogP contribution in [0, 0.1) is 11.8 Å². The number of alkyl halides is 1. The molecule has 0 amide bonds. The summed E-state index contributed by atoms with van der Waals surface area (Å²) in [6.07, 6.45) is 4.48. The Morgan fingerprint density at radius 2 is 1.92 bits per heavy atom. The van der Waals surface area contributed by atoms with Gasteiger partial charge < -0.3 is 0 Å². The van der Waals surface area contributed by atoms with Gasteiger partial charge in [0, 0.05) is 14.1 Å². The van der Waals surface area contributed by atoms with Gasteiger partial charge in [0.15, 0.2) is 0 Å². The summed E-state index contributed by atoms with van der Waals surface area (Å²) in [5.41, 5.74) is 0. The van der Waals surface area contributed by atoms with Gasteiger partial charge in [0.25, 0.3) is 0 Å². The van der Waals surface area contributed by atoms with E-state index in [4.69, 9.17) is 0 Å². The van der Waals surface area contributed by atoms with Gasteiger partial charge in [-0.25, -0.2) is 0 Å². The monoisotopic (exact) mass is 261 g/mol. The van der Waals surface area contributed by atoms with Crippen molar-refractivity contribution in [2.45, 2.75) is 51.2 Å². The van der Waals surface area contributed by atoms with E-state index in [1.165, 1.54) is 24.6 Å². The topological polar surface area (TPSA) is 0 Å². The second-order valence-corrected chi connectivity index (χ2v) is 8.47. The predicted octanol–water partition coefficient (Wildman–Crippen LogP) is 4.33. The van der Waals surface area contributed by atoms with E-state index in [0.29, 0.717) is 0 Å². The molecule has 2 heteroatoms. The van der Waals surface area contributed by atoms with Crippen molar-refractivity contribution < 1.29 is 0 Å². The lowest BCUT2D eigenvalue weighted by Crippen LogP contribution is -2.22. The van der Waals surface area contributed by atoms with Crippen LogP contribution >= 0.6 is 15.9 Å². The molecule has 0 aliphatic carbocycles. The highest BCUT2D eigenvalue weighted by molar-refractivity contribution is 9.09. The van der Waals surface area contributed by atoms with Crippen molar-refractivity contribution in [1.82, 2.24) is 0 Å². The molecule has 0 atom stereocenters. The van der Waals surface area contributed by atoms with Gasteiger partial charge in [-0.2, -0.15) is 0 Å². The van der Waals surface area contributed by atoms with Crippen LogP contribution in [-0.2, 0) is 0 Å². The Labute approximate surface area is 93.2 Å². The summed E-state index contributed by atoms with van der Waals surface area (Å²) in [4.78, 5) is 0. The summed E-state index contributed by atoms with van der Waals surface area (Å²) in [5, 5.41) is 1.21. The Balaban J connectivity index is 2.15. The standard InChI is InChI=1S/C11H22BrSi/c1-10(2)9-13-7-4-11(3-6-12)5-8-13/h10-11H,3-9H2,1-2H3. The lowest BCUT2D eigenvalue weighted by atomic mass is 10.0. The smallest absolute Gasteiger partial charge is 0.0481 e. The molecule has 1 rings (SSSR count). The van der Waals surface area contributed by atoms with Crippen LogP contribution in [0.15, 0.2) is 0 Å². The van der Waals surface area contributed by atoms with Crippen LogP contribution in [0.25, 0.3) is 0 Å². The highest BCUT2D eigenvalue weighted by atomic mass is 79.9. The molecule has 0 nitrogen and oxygen atoms in total. The quantitative estimate of drug-likeness (QED) is 0.522. The third kappa shape index (κ3) is 4.64. The first-order valence-electron chi connectivity index (χ1n) is 5.62. The van der Waals surface area contributed by atoms with Gasteiger partial charge in [0.1, 0.15) is 0 Å². The van der Waals surface area contributed by atoms with Gasteiger partial charge in [0.05, 0.1) is 0 Å². The van der Waals surface area contributed by atoms with Crippen molar-refractivity contribution in [3.8, 4) is 0 Å². The van der Waals surface area contributed by atoms with Crippen LogP contribution in [0.2, 0.25) is 18.1 Å². The Kier molecular flexibility index (Phi) is 5.64. The van der Waals surface area contributed by atoms with Crippen LogP contribution in [0.4, 0.5) is 0 Å². The molecule has 13 heavy (non-hydrogen) atoms. The highest BCUT2D eigenvalue weighted by Crippen LogP contribution is 2.30. The maximum atomic E-state index is 3.55. The average molecular weight is 262 g/mol. The first kappa shape index (κ1) is 11.8. The maximum Gasteiger partial charge on any atom is 0.0481 e. The van der Waals surface area contributed by atoms with E-state index < -0.39 is 0 Å². The molecular formula is C11H22BrSi. The second kappa shape index (κ2) is 6.23. The van der Waals surface area contributed by atoms with Crippen molar-refractivity contribution in [3.05, 3.63) is 0 Å². The van der Waals surface area contributed by atoms with Crippen molar-refractivity contribution >= 4 is 24.7 Å². The number of rotatable bonds is 4. The number of halogens is 1. The molecule has 0 aromatic heterocycles. The van der Waals surface area contributed by atoms with Crippen molar-refractivity contribution in [2.75, 3.05) is 5.33 Å². The normalized spacial score (nSPS) is 21.2. The Hall–Kier alpha value is 0.697. The summed E-state index contributed by atoms with van der Waals surface area (Å²) >= 11 is 3.55. The number of hydrogen-bond acceptors (Lipinski definition) is 0. The fourth-order valence-electron chi connectivity index (χ4n) is 2.31. The molecule has 77 valence electrons. The van der Waals surface area contributed by atoms with Gasteiger partial charge in [0.2, 0.25) is 0 Å². The fourth-order valence-corrected chi connectivity index (χ4v) is 6.40. The minimum atomic E-state index is 0.0867. The van der Waals surface area contributed by atoms with Gasteiger partial charge >= 0.3 is 0 Å². The molecule has 0 aromatic rings. The number of hydrogen-bond donors (Lipinski definition) is 0. The van der Waals surface area contributed by atoms with E-state index in [1.54, 1.807) is 18.1 Å². The Morgan fingerprint density at radius 1 is 1.31 bits per heavy atom. The molecule has 0 bridgehead atoms. The zero-order valence-corrected chi connectivity index (χ0v) is 11.6. The van der Waals surface area contributed by atoms with Crippen LogP contribution in [0.3, 0.4) is 0 Å². The summed E-state index contributed by atoms with van der Waals surface area (Å²) in [5.74, 6) is 2.00. The minimum Gasteiger partial charge on any atom is -0.0928 e. The van der Waals surface area contributed by atoms with E-state index in [0.717, 1.165) is 11.8 Å². The predicted molar refractivity (Wildman–Crippen MR) is 66.1 cm³/mol. The fraction of sp³-hybridized carbons (Fsp3) is 1.00. The van der Waals surface area contributed by atoms with Crippen LogP contribution < -0.4 is 0 Å². The van der Waals surface area contributed by atoms with Crippen molar-refractivity contribution in [2.24, 2.45) is 11.8 Å². The molecule has 1 fully saturated rings. The molecule has 0 N–H and O–H groups in total. The summed E-state index contributed by atoms with van der Waals surface area (Å²) in [6.45, 7) is 4.75. The van der Waals surface area contributed by atoms with Crippen molar-refractivity contribution in [1.29, 1.82) is 0 Å². The van der Waals surface area contributed by atoms with Gasteiger partial charge in [-0.05, 0) is 18.3 Å². The zero-order valence-electron chi connectivity index (χ0n) is 8.98. The van der Waals surface area contributed by atoms with Crippen molar-refractivity contribution in [3.63, 3.8) is 0 Å². The molecular weight excluding hydrogens is 240 g/mol. The largest absolute Gasteiger partial charge is 0.0928 e. The van der Waals surface area contributed by atoms with Gasteiger partial charge in [-0.15, -0.1) is 0 Å². The molecule has 1 aliphatic heterocycles. The van der Waals surface area contributed by atoms with Gasteiger partial charge in [-0.1, -0.05) is 60.8 Å². The molecule has 0 saturated carbocycles. The zero-order chi connectivity index (χ0) is 9.68. The molecule has 0 aromatic carbocycles. The van der Waals surface area contributed by atoms with E-state index >= 15 is 0 Å². The highest BCUT2D eigenvalue weighted by Gasteiger charge is 2.22. The summed E-state index contributed by atoms with van der Waals surface area (Å²) < 4.78 is 0. The lowest BCUT2D eigenvalue weighted by molar-refractivity contribution is 0.459. The van der Waals surface area contributed by atoms with E-state index in [2.05, 4.69) is 29.8 Å². The third-order valence-corrected chi connectivity index (χ3v) is 6.87. The van der Waals surface area contributed by atoms with Crippen LogP contribution in [0.5, 0.6) is 0 Å². The average Bonchev–Trinajstić information content (AvgIpc) is 2.08. The molecule has 0 spiro atoms. The van der Waals surface area contributed by atoms with Crippen LogP contribution in [0.1, 0.15) is 33.1 Å². The minimum absolute atomic E-state index is 0.0867. The summed E-state index contributed by atoms with van der Waals surface area (Å²) in [7, 11) is 0.0867. The second-order valence-electron chi connectivity index (χ2n) is 4.77. The molecule has 0 unspecified atom stereocenters. The van der Waals surface area contributed by atoms with E-state index in [1.807, 2.05) is 0 Å². The molecule has 1 saturated heterocycles. The van der Waals surface area contributed by atoms with Gasteiger partial charge in [-0.3, -0.25) is 0 Å².